The van der Waals surface area contributed by atoms with Crippen molar-refractivity contribution in [1.29, 1.82) is 0 Å². The van der Waals surface area contributed by atoms with Gasteiger partial charge in [-0.05, 0) is 24.3 Å². The minimum absolute atomic E-state index is 0.687. The van der Waals surface area contributed by atoms with Crippen molar-refractivity contribution in [3.8, 4) is 11.5 Å². The molecule has 0 saturated heterocycles. The third-order valence-corrected chi connectivity index (χ3v) is 6.99. The minimum atomic E-state index is -3.02. The number of rotatable bonds is 5. The monoisotopic (exact) mass is 338 g/mol. The number of ether oxygens (including phenoxy) is 2. The van der Waals surface area contributed by atoms with Gasteiger partial charge in [0.15, 0.2) is 7.14 Å². The van der Waals surface area contributed by atoms with Crippen molar-refractivity contribution in [3.05, 3.63) is 78.9 Å². The van der Waals surface area contributed by atoms with E-state index in [0.29, 0.717) is 11.5 Å². The number of methoxy groups -OCH3 is 2. The fraction of sp³-hybridized carbons (Fsp3) is 0.100. The van der Waals surface area contributed by atoms with Gasteiger partial charge in [0.2, 0.25) is 0 Å². The van der Waals surface area contributed by atoms with Gasteiger partial charge in [-0.3, -0.25) is 0 Å². The Hall–Kier alpha value is -2.51. The molecule has 0 aromatic heterocycles. The predicted molar refractivity (Wildman–Crippen MR) is 98.9 cm³/mol. The lowest BCUT2D eigenvalue weighted by atomic mass is 10.3. The summed E-state index contributed by atoms with van der Waals surface area (Å²) in [5, 5.41) is 2.26. The molecule has 0 amide bonds. The largest absolute Gasteiger partial charge is 0.497 e. The molecular formula is C20H19O3P. The molecule has 0 heterocycles. The van der Waals surface area contributed by atoms with Crippen molar-refractivity contribution in [2.75, 3.05) is 14.2 Å². The molecule has 0 N–H and O–H groups in total. The van der Waals surface area contributed by atoms with Gasteiger partial charge in [-0.15, -0.1) is 0 Å². The van der Waals surface area contributed by atoms with Crippen LogP contribution in [0.15, 0.2) is 78.9 Å². The van der Waals surface area contributed by atoms with Crippen LogP contribution in [-0.4, -0.2) is 14.2 Å². The Labute approximate surface area is 142 Å². The molecule has 0 aliphatic rings. The highest BCUT2D eigenvalue weighted by Crippen LogP contribution is 2.43. The molecule has 4 heteroatoms. The quantitative estimate of drug-likeness (QED) is 0.670. The average molecular weight is 338 g/mol. The maximum Gasteiger partial charge on any atom is 0.171 e. The molecule has 0 fully saturated rings. The summed E-state index contributed by atoms with van der Waals surface area (Å²) in [5.74, 6) is 1.37. The van der Waals surface area contributed by atoms with Gasteiger partial charge in [0, 0.05) is 15.9 Å². The summed E-state index contributed by atoms with van der Waals surface area (Å²) < 4.78 is 24.9. The van der Waals surface area contributed by atoms with E-state index in [1.54, 1.807) is 14.2 Å². The highest BCUT2D eigenvalue weighted by molar-refractivity contribution is 7.85. The highest BCUT2D eigenvalue weighted by atomic mass is 31.2. The third-order valence-electron chi connectivity index (χ3n) is 3.95. The number of hydrogen-bond donors (Lipinski definition) is 0. The maximum atomic E-state index is 14.2. The van der Waals surface area contributed by atoms with E-state index in [0.717, 1.165) is 15.9 Å². The van der Waals surface area contributed by atoms with Gasteiger partial charge in [0.05, 0.1) is 14.2 Å². The Bertz CT molecular complexity index is 823. The van der Waals surface area contributed by atoms with Crippen molar-refractivity contribution in [2.24, 2.45) is 0 Å². The molecule has 3 rings (SSSR count). The van der Waals surface area contributed by atoms with Crippen LogP contribution < -0.4 is 25.4 Å². The van der Waals surface area contributed by atoms with Crippen molar-refractivity contribution in [3.63, 3.8) is 0 Å². The summed E-state index contributed by atoms with van der Waals surface area (Å²) in [7, 11) is 0.202. The molecule has 0 unspecified atom stereocenters. The first-order chi connectivity index (χ1) is 11.7. The summed E-state index contributed by atoms with van der Waals surface area (Å²) in [4.78, 5) is 0. The van der Waals surface area contributed by atoms with Crippen LogP contribution in [0.1, 0.15) is 0 Å². The lowest BCUT2D eigenvalue weighted by molar-refractivity contribution is 0.415. The maximum absolute atomic E-state index is 14.2. The van der Waals surface area contributed by atoms with Crippen LogP contribution in [0.4, 0.5) is 0 Å². The minimum Gasteiger partial charge on any atom is -0.497 e. The number of hydrogen-bond acceptors (Lipinski definition) is 3. The predicted octanol–water partition coefficient (Wildman–Crippen LogP) is 3.34. The van der Waals surface area contributed by atoms with Gasteiger partial charge in [-0.2, -0.15) is 0 Å². The van der Waals surface area contributed by atoms with Crippen molar-refractivity contribution in [2.45, 2.75) is 0 Å². The second kappa shape index (κ2) is 6.94. The van der Waals surface area contributed by atoms with E-state index >= 15 is 0 Å². The lowest BCUT2D eigenvalue weighted by Crippen LogP contribution is -2.25. The molecule has 0 aliphatic heterocycles. The zero-order valence-electron chi connectivity index (χ0n) is 13.7. The third kappa shape index (κ3) is 2.95. The fourth-order valence-corrected chi connectivity index (χ4v) is 5.39. The summed E-state index contributed by atoms with van der Waals surface area (Å²) in [6.07, 6.45) is 0. The molecule has 3 aromatic carbocycles. The van der Waals surface area contributed by atoms with Crippen molar-refractivity contribution in [1.82, 2.24) is 0 Å². The van der Waals surface area contributed by atoms with E-state index in [1.165, 1.54) is 0 Å². The summed E-state index contributed by atoms with van der Waals surface area (Å²) in [6, 6.07) is 24.4. The van der Waals surface area contributed by atoms with Crippen LogP contribution in [0.5, 0.6) is 11.5 Å². The molecule has 3 nitrogen and oxygen atoms in total. The summed E-state index contributed by atoms with van der Waals surface area (Å²) >= 11 is 0. The van der Waals surface area contributed by atoms with Gasteiger partial charge < -0.3 is 14.0 Å². The van der Waals surface area contributed by atoms with Crippen LogP contribution in [0.3, 0.4) is 0 Å². The van der Waals surface area contributed by atoms with Gasteiger partial charge in [-0.25, -0.2) is 0 Å². The smallest absolute Gasteiger partial charge is 0.171 e. The second-order valence-corrected chi connectivity index (χ2v) is 8.12. The molecular weight excluding hydrogens is 319 g/mol. The van der Waals surface area contributed by atoms with Crippen LogP contribution >= 0.6 is 7.14 Å². The van der Waals surface area contributed by atoms with E-state index in [1.807, 2.05) is 78.9 Å². The number of benzene rings is 3. The van der Waals surface area contributed by atoms with Crippen LogP contribution in [0.2, 0.25) is 0 Å². The molecule has 0 bridgehead atoms. The Morgan fingerprint density at radius 2 is 1.08 bits per heavy atom. The fourth-order valence-electron chi connectivity index (χ4n) is 2.70. The van der Waals surface area contributed by atoms with E-state index in [9.17, 15) is 4.57 Å². The molecule has 3 aromatic rings. The van der Waals surface area contributed by atoms with Crippen LogP contribution in [0, 0.1) is 0 Å². The Balaban J connectivity index is 2.27. The molecule has 0 radical (unpaired) electrons. The SMILES string of the molecule is COc1cccc(P(=O)(c2ccccc2)c2cccc(OC)c2)c1. The van der Waals surface area contributed by atoms with E-state index in [-0.39, 0.29) is 0 Å². The topological polar surface area (TPSA) is 35.5 Å². The first kappa shape index (κ1) is 16.4. The van der Waals surface area contributed by atoms with Crippen molar-refractivity contribution < 1.29 is 14.0 Å². The molecule has 122 valence electrons. The molecule has 0 saturated carbocycles. The Morgan fingerprint density at radius 3 is 1.54 bits per heavy atom. The first-order valence-corrected chi connectivity index (χ1v) is 9.34. The highest BCUT2D eigenvalue weighted by Gasteiger charge is 2.30. The zero-order chi connectivity index (χ0) is 17.0. The van der Waals surface area contributed by atoms with E-state index in [2.05, 4.69) is 0 Å². The Kier molecular flexibility index (Phi) is 4.73. The van der Waals surface area contributed by atoms with Crippen molar-refractivity contribution >= 4 is 23.1 Å². The van der Waals surface area contributed by atoms with Crippen LogP contribution in [-0.2, 0) is 4.57 Å². The standard InChI is InChI=1S/C20H19O3P/c1-22-16-8-6-12-19(14-16)24(21,18-10-4-3-5-11-18)20-13-7-9-17(15-20)23-2/h3-15H,1-2H3. The van der Waals surface area contributed by atoms with Gasteiger partial charge in [0.25, 0.3) is 0 Å². The average Bonchev–Trinajstić information content (AvgIpc) is 2.68. The zero-order valence-corrected chi connectivity index (χ0v) is 14.6. The van der Waals surface area contributed by atoms with Crippen LogP contribution in [0.25, 0.3) is 0 Å². The lowest BCUT2D eigenvalue weighted by Gasteiger charge is -2.21. The second-order valence-electron chi connectivity index (χ2n) is 5.35. The van der Waals surface area contributed by atoms with Gasteiger partial charge in [-0.1, -0.05) is 54.6 Å². The summed E-state index contributed by atoms with van der Waals surface area (Å²) in [5.41, 5.74) is 0. The van der Waals surface area contributed by atoms with E-state index in [4.69, 9.17) is 9.47 Å². The molecule has 0 aliphatic carbocycles. The van der Waals surface area contributed by atoms with Gasteiger partial charge >= 0.3 is 0 Å². The molecule has 0 spiro atoms. The molecule has 24 heavy (non-hydrogen) atoms. The van der Waals surface area contributed by atoms with E-state index < -0.39 is 7.14 Å². The molecule has 0 atom stereocenters. The first-order valence-electron chi connectivity index (χ1n) is 7.63. The normalized spacial score (nSPS) is 11.1. The summed E-state index contributed by atoms with van der Waals surface area (Å²) in [6.45, 7) is 0. The Morgan fingerprint density at radius 1 is 0.625 bits per heavy atom. The van der Waals surface area contributed by atoms with Gasteiger partial charge in [0.1, 0.15) is 11.5 Å².